The first-order chi connectivity index (χ1) is 11.8. The van der Waals surface area contributed by atoms with Crippen LogP contribution in [0.25, 0.3) is 11.1 Å². The van der Waals surface area contributed by atoms with E-state index in [-0.39, 0.29) is 17.7 Å². The molecule has 0 bridgehead atoms. The highest BCUT2D eigenvalue weighted by atomic mass is 19.1. The third kappa shape index (κ3) is 3.76. The van der Waals surface area contributed by atoms with Gasteiger partial charge in [0.25, 0.3) is 0 Å². The van der Waals surface area contributed by atoms with Gasteiger partial charge in [-0.3, -0.25) is 9.59 Å². The summed E-state index contributed by atoms with van der Waals surface area (Å²) in [6.45, 7) is 2.75. The maximum atomic E-state index is 13.4. The monoisotopic (exact) mass is 347 g/mol. The molecule has 1 aromatic heterocycles. The molecule has 0 unspecified atom stereocenters. The number of halogens is 1. The van der Waals surface area contributed by atoms with E-state index in [1.165, 1.54) is 43.0 Å². The lowest BCUT2D eigenvalue weighted by atomic mass is 9.97. The Balaban J connectivity index is 2.80. The molecule has 0 radical (unpaired) electrons. The van der Waals surface area contributed by atoms with Gasteiger partial charge >= 0.3 is 11.9 Å². The summed E-state index contributed by atoms with van der Waals surface area (Å²) in [5, 5.41) is 0. The van der Waals surface area contributed by atoms with E-state index in [1.54, 1.807) is 14.0 Å². The second kappa shape index (κ2) is 7.29. The van der Waals surface area contributed by atoms with Crippen molar-refractivity contribution >= 4 is 11.9 Å². The predicted molar refractivity (Wildman–Crippen MR) is 88.6 cm³/mol. The number of nitrogens with zero attached hydrogens (tertiary/aromatic N) is 1. The fraction of sp³-hybridized carbons (Fsp3) is 0.278. The Morgan fingerprint density at radius 2 is 1.96 bits per heavy atom. The molecule has 6 nitrogen and oxygen atoms in total. The van der Waals surface area contributed by atoms with Gasteiger partial charge in [0, 0.05) is 20.2 Å². The van der Waals surface area contributed by atoms with Gasteiger partial charge in [-0.2, -0.15) is 0 Å². The molecule has 0 amide bonds. The summed E-state index contributed by atoms with van der Waals surface area (Å²) in [6, 6.07) is 3.97. The minimum atomic E-state index is -0.777. The van der Waals surface area contributed by atoms with E-state index in [1.807, 2.05) is 0 Å². The lowest BCUT2D eigenvalue weighted by Gasteiger charge is -2.17. The van der Waals surface area contributed by atoms with Gasteiger partial charge in [0.15, 0.2) is 0 Å². The van der Waals surface area contributed by atoms with Crippen LogP contribution in [0.4, 0.5) is 4.39 Å². The average Bonchev–Trinajstić information content (AvgIpc) is 2.55. The smallest absolute Gasteiger partial charge is 0.343 e. The highest BCUT2D eigenvalue weighted by Gasteiger charge is 2.22. The summed E-state index contributed by atoms with van der Waals surface area (Å²) in [5.74, 6) is -1.73. The van der Waals surface area contributed by atoms with E-state index in [2.05, 4.69) is 4.74 Å². The van der Waals surface area contributed by atoms with E-state index < -0.39 is 23.2 Å². The number of aromatic nitrogens is 1. The van der Waals surface area contributed by atoms with Crippen molar-refractivity contribution in [3.63, 3.8) is 0 Å². The van der Waals surface area contributed by atoms with Crippen molar-refractivity contribution in [2.45, 2.75) is 20.5 Å². The largest absolute Gasteiger partial charge is 0.465 e. The summed E-state index contributed by atoms with van der Waals surface area (Å²) >= 11 is 0. The molecule has 0 saturated heterocycles. The number of hydrogen-bond acceptors (Lipinski definition) is 5. The summed E-state index contributed by atoms with van der Waals surface area (Å²) in [6.07, 6.45) is 1.33. The van der Waals surface area contributed by atoms with Crippen LogP contribution in [0, 0.1) is 12.7 Å². The van der Waals surface area contributed by atoms with Gasteiger partial charge in [0.2, 0.25) is 5.43 Å². The first-order valence-electron chi connectivity index (χ1n) is 7.47. The third-order valence-electron chi connectivity index (χ3n) is 3.78. The summed E-state index contributed by atoms with van der Waals surface area (Å²) < 4.78 is 24.6. The minimum Gasteiger partial charge on any atom is -0.465 e. The molecule has 1 aromatic carbocycles. The van der Waals surface area contributed by atoms with Crippen molar-refractivity contribution in [1.29, 1.82) is 0 Å². The van der Waals surface area contributed by atoms with Crippen LogP contribution in [0.15, 0.2) is 29.2 Å². The van der Waals surface area contributed by atoms with Gasteiger partial charge in [-0.05, 0) is 30.2 Å². The summed E-state index contributed by atoms with van der Waals surface area (Å²) in [7, 11) is 2.80. The molecule has 0 saturated carbocycles. The Morgan fingerprint density at radius 3 is 2.52 bits per heavy atom. The molecule has 0 aliphatic rings. The van der Waals surface area contributed by atoms with E-state index in [0.29, 0.717) is 16.8 Å². The minimum absolute atomic E-state index is 0.157. The van der Waals surface area contributed by atoms with E-state index in [9.17, 15) is 18.8 Å². The number of carbonyl (C=O) groups is 2. The molecule has 25 heavy (non-hydrogen) atoms. The van der Waals surface area contributed by atoms with E-state index in [4.69, 9.17) is 4.74 Å². The van der Waals surface area contributed by atoms with Crippen molar-refractivity contribution < 1.29 is 23.5 Å². The predicted octanol–water partition coefficient (Wildman–Crippen LogP) is 2.35. The normalized spacial score (nSPS) is 10.4. The van der Waals surface area contributed by atoms with Crippen molar-refractivity contribution in [2.24, 2.45) is 7.05 Å². The van der Waals surface area contributed by atoms with Crippen LogP contribution < -0.4 is 5.43 Å². The number of carbonyl (C=O) groups excluding carboxylic acids is 2. The standard InChI is InChI=1S/C18H18FNO5/c1-10-7-12(19)5-6-13(10)16-15(9-25-11(2)21)20(3)8-14(17(16)22)18(23)24-4/h5-8H,9H2,1-4H3. The van der Waals surface area contributed by atoms with E-state index in [0.717, 1.165) is 0 Å². The van der Waals surface area contributed by atoms with Crippen LogP contribution >= 0.6 is 0 Å². The highest BCUT2D eigenvalue weighted by Crippen LogP contribution is 2.26. The molecule has 132 valence electrons. The van der Waals surface area contributed by atoms with Gasteiger partial charge in [-0.25, -0.2) is 9.18 Å². The molecule has 0 atom stereocenters. The van der Waals surface area contributed by atoms with Crippen molar-refractivity contribution in [3.05, 3.63) is 57.3 Å². The number of pyridine rings is 1. The van der Waals surface area contributed by atoms with Crippen LogP contribution in [0.1, 0.15) is 28.5 Å². The lowest BCUT2D eigenvalue weighted by Crippen LogP contribution is -2.24. The number of methoxy groups -OCH3 is 1. The van der Waals surface area contributed by atoms with Crippen LogP contribution in [-0.4, -0.2) is 23.6 Å². The van der Waals surface area contributed by atoms with Crippen LogP contribution in [0.5, 0.6) is 0 Å². The van der Waals surface area contributed by atoms with E-state index >= 15 is 0 Å². The molecule has 2 rings (SSSR count). The number of aryl methyl sites for hydroxylation is 2. The van der Waals surface area contributed by atoms with Crippen molar-refractivity contribution in [3.8, 4) is 11.1 Å². The molecular formula is C18H18FNO5. The number of rotatable bonds is 4. The number of benzene rings is 1. The third-order valence-corrected chi connectivity index (χ3v) is 3.78. The number of ether oxygens (including phenoxy) is 2. The van der Waals surface area contributed by atoms with Crippen molar-refractivity contribution in [1.82, 2.24) is 4.57 Å². The molecule has 7 heteroatoms. The molecule has 0 N–H and O–H groups in total. The molecule has 0 aliphatic carbocycles. The zero-order chi connectivity index (χ0) is 18.7. The van der Waals surface area contributed by atoms with Crippen LogP contribution in [-0.2, 0) is 27.9 Å². The van der Waals surface area contributed by atoms with Crippen LogP contribution in [0.3, 0.4) is 0 Å². The molecule has 0 fully saturated rings. The van der Waals surface area contributed by atoms with Gasteiger partial charge in [0.05, 0.1) is 18.4 Å². The second-order valence-corrected chi connectivity index (χ2v) is 5.54. The highest BCUT2D eigenvalue weighted by molar-refractivity contribution is 5.91. The molecule has 0 spiro atoms. The van der Waals surface area contributed by atoms with Gasteiger partial charge in [-0.1, -0.05) is 6.07 Å². The Kier molecular flexibility index (Phi) is 5.36. The van der Waals surface area contributed by atoms with Gasteiger partial charge in [0.1, 0.15) is 18.0 Å². The zero-order valence-electron chi connectivity index (χ0n) is 14.4. The summed E-state index contributed by atoms with van der Waals surface area (Å²) in [5.41, 5.74) is 0.807. The Morgan fingerprint density at radius 1 is 1.28 bits per heavy atom. The first-order valence-corrected chi connectivity index (χ1v) is 7.47. The second-order valence-electron chi connectivity index (χ2n) is 5.54. The first kappa shape index (κ1) is 18.4. The number of esters is 2. The number of hydrogen-bond donors (Lipinski definition) is 0. The molecule has 2 aromatic rings. The molecule has 0 aliphatic heterocycles. The van der Waals surface area contributed by atoms with Gasteiger partial charge in [-0.15, -0.1) is 0 Å². The molecular weight excluding hydrogens is 329 g/mol. The Hall–Kier alpha value is -2.96. The maximum Gasteiger partial charge on any atom is 0.343 e. The SMILES string of the molecule is COC(=O)c1cn(C)c(COC(C)=O)c(-c2ccc(F)cc2C)c1=O. The average molecular weight is 347 g/mol. The zero-order valence-corrected chi connectivity index (χ0v) is 14.4. The Bertz CT molecular complexity index is 901. The van der Waals surface area contributed by atoms with Crippen molar-refractivity contribution in [2.75, 3.05) is 7.11 Å². The summed E-state index contributed by atoms with van der Waals surface area (Å²) in [4.78, 5) is 35.9. The lowest BCUT2D eigenvalue weighted by molar-refractivity contribution is -0.142. The molecule has 1 heterocycles. The maximum absolute atomic E-state index is 13.4. The van der Waals surface area contributed by atoms with Crippen LogP contribution in [0.2, 0.25) is 0 Å². The topological polar surface area (TPSA) is 74.6 Å². The quantitative estimate of drug-likeness (QED) is 0.794. The Labute approximate surface area is 143 Å². The fourth-order valence-corrected chi connectivity index (χ4v) is 2.56. The van der Waals surface area contributed by atoms with Gasteiger partial charge < -0.3 is 14.0 Å². The fourth-order valence-electron chi connectivity index (χ4n) is 2.56.